The number of guanidine groups is 1. The molecule has 1 aromatic heterocycles. The Labute approximate surface area is 166 Å². The van der Waals surface area contributed by atoms with Crippen molar-refractivity contribution in [2.24, 2.45) is 4.99 Å². The molecule has 0 spiro atoms. The van der Waals surface area contributed by atoms with Gasteiger partial charge in [-0.25, -0.2) is 9.98 Å². The van der Waals surface area contributed by atoms with Crippen LogP contribution in [0.4, 0.5) is 0 Å². The van der Waals surface area contributed by atoms with Crippen LogP contribution in [-0.2, 0) is 6.54 Å². The number of nitrogens with one attached hydrogen (secondary N) is 2. The van der Waals surface area contributed by atoms with E-state index in [9.17, 15) is 5.11 Å². The summed E-state index contributed by atoms with van der Waals surface area (Å²) in [5.41, 5.74) is 1.59. The van der Waals surface area contributed by atoms with E-state index in [0.29, 0.717) is 31.5 Å². The number of aliphatic imine (C=N–C) groups is 1. The molecule has 0 aliphatic heterocycles. The molecule has 0 aliphatic carbocycles. The first kappa shape index (κ1) is 21.5. The number of methoxy groups -OCH3 is 1. The third-order valence-electron chi connectivity index (χ3n) is 3.81. The lowest BCUT2D eigenvalue weighted by atomic mass is 10.1. The van der Waals surface area contributed by atoms with E-state index in [1.807, 2.05) is 57.2 Å². The summed E-state index contributed by atoms with van der Waals surface area (Å²) in [6, 6.07) is 13.1. The van der Waals surface area contributed by atoms with Gasteiger partial charge in [0.1, 0.15) is 5.75 Å². The molecule has 1 heterocycles. The number of hydrogen-bond acceptors (Lipinski definition) is 5. The van der Waals surface area contributed by atoms with Gasteiger partial charge in [-0.1, -0.05) is 18.2 Å². The standard InChI is InChI=1S/C21H30N4O3/c1-5-22-21(23-13-17-9-7-11-20(25-17)27-4)24-14-19(26)16-8-6-10-18(12-16)28-15(2)3/h6-12,15,19,26H,5,13-14H2,1-4H3,(H2,22,23,24). The number of ether oxygens (including phenoxy) is 2. The van der Waals surface area contributed by atoms with Gasteiger partial charge in [-0.2, -0.15) is 0 Å². The number of aliphatic hydroxyl groups is 1. The van der Waals surface area contributed by atoms with Crippen molar-refractivity contribution < 1.29 is 14.6 Å². The molecule has 1 aromatic carbocycles. The predicted octanol–water partition coefficient (Wildman–Crippen LogP) is 2.67. The Morgan fingerprint density at radius 3 is 2.68 bits per heavy atom. The summed E-state index contributed by atoms with van der Waals surface area (Å²) in [5, 5.41) is 16.9. The van der Waals surface area contributed by atoms with Crippen LogP contribution in [0.1, 0.15) is 38.1 Å². The zero-order chi connectivity index (χ0) is 20.4. The highest BCUT2D eigenvalue weighted by Crippen LogP contribution is 2.20. The average molecular weight is 386 g/mol. The van der Waals surface area contributed by atoms with Gasteiger partial charge >= 0.3 is 0 Å². The van der Waals surface area contributed by atoms with Gasteiger partial charge in [0.05, 0.1) is 31.6 Å². The Morgan fingerprint density at radius 2 is 1.96 bits per heavy atom. The molecule has 0 fully saturated rings. The van der Waals surface area contributed by atoms with Gasteiger partial charge < -0.3 is 25.2 Å². The number of rotatable bonds is 9. The van der Waals surface area contributed by atoms with Crippen LogP contribution in [0.25, 0.3) is 0 Å². The first-order valence-electron chi connectivity index (χ1n) is 9.48. The van der Waals surface area contributed by atoms with E-state index in [4.69, 9.17) is 9.47 Å². The molecule has 152 valence electrons. The molecule has 0 saturated carbocycles. The van der Waals surface area contributed by atoms with Gasteiger partial charge in [-0.05, 0) is 44.5 Å². The van der Waals surface area contributed by atoms with Gasteiger partial charge in [0.2, 0.25) is 5.88 Å². The SMILES string of the molecule is CCNC(=NCc1cccc(OC)n1)NCC(O)c1cccc(OC(C)C)c1. The monoisotopic (exact) mass is 386 g/mol. The summed E-state index contributed by atoms with van der Waals surface area (Å²) in [7, 11) is 1.59. The fourth-order valence-corrected chi connectivity index (χ4v) is 2.54. The van der Waals surface area contributed by atoms with Crippen molar-refractivity contribution in [2.75, 3.05) is 20.2 Å². The van der Waals surface area contributed by atoms with Crippen LogP contribution in [0.5, 0.6) is 11.6 Å². The van der Waals surface area contributed by atoms with Crippen molar-refractivity contribution in [3.63, 3.8) is 0 Å². The zero-order valence-electron chi connectivity index (χ0n) is 17.0. The lowest BCUT2D eigenvalue weighted by Gasteiger charge is -2.17. The van der Waals surface area contributed by atoms with Gasteiger partial charge in [0, 0.05) is 19.2 Å². The number of aromatic nitrogens is 1. The maximum Gasteiger partial charge on any atom is 0.213 e. The van der Waals surface area contributed by atoms with Crippen LogP contribution in [-0.4, -0.2) is 42.4 Å². The Bertz CT molecular complexity index is 765. The molecule has 2 rings (SSSR count). The highest BCUT2D eigenvalue weighted by Gasteiger charge is 2.10. The van der Waals surface area contributed by atoms with E-state index >= 15 is 0 Å². The smallest absolute Gasteiger partial charge is 0.213 e. The number of hydrogen-bond donors (Lipinski definition) is 3. The van der Waals surface area contributed by atoms with E-state index in [1.54, 1.807) is 13.2 Å². The van der Waals surface area contributed by atoms with Crippen LogP contribution >= 0.6 is 0 Å². The van der Waals surface area contributed by atoms with Crippen LogP contribution in [0.2, 0.25) is 0 Å². The summed E-state index contributed by atoms with van der Waals surface area (Å²) in [6.07, 6.45) is -0.599. The summed E-state index contributed by atoms with van der Waals surface area (Å²) in [6.45, 7) is 7.38. The highest BCUT2D eigenvalue weighted by molar-refractivity contribution is 5.79. The largest absolute Gasteiger partial charge is 0.491 e. The van der Waals surface area contributed by atoms with E-state index < -0.39 is 6.10 Å². The molecule has 0 amide bonds. The van der Waals surface area contributed by atoms with E-state index in [1.165, 1.54) is 0 Å². The third-order valence-corrected chi connectivity index (χ3v) is 3.81. The topological polar surface area (TPSA) is 88.0 Å². The number of benzene rings is 1. The van der Waals surface area contributed by atoms with Crippen molar-refractivity contribution in [1.82, 2.24) is 15.6 Å². The van der Waals surface area contributed by atoms with Crippen molar-refractivity contribution in [2.45, 2.75) is 39.5 Å². The molecule has 1 atom stereocenters. The normalized spacial score (nSPS) is 12.6. The van der Waals surface area contributed by atoms with Crippen LogP contribution in [0, 0.1) is 0 Å². The second kappa shape index (κ2) is 11.1. The van der Waals surface area contributed by atoms with E-state index in [-0.39, 0.29) is 6.10 Å². The lowest BCUT2D eigenvalue weighted by Crippen LogP contribution is -2.39. The molecule has 2 aromatic rings. The molecule has 7 nitrogen and oxygen atoms in total. The van der Waals surface area contributed by atoms with Gasteiger partial charge in [0.15, 0.2) is 5.96 Å². The predicted molar refractivity (Wildman–Crippen MR) is 111 cm³/mol. The minimum atomic E-state index is -0.686. The molecule has 1 unspecified atom stereocenters. The molecule has 3 N–H and O–H groups in total. The molecule has 0 bridgehead atoms. The first-order chi connectivity index (χ1) is 13.5. The van der Waals surface area contributed by atoms with Crippen molar-refractivity contribution >= 4 is 5.96 Å². The summed E-state index contributed by atoms with van der Waals surface area (Å²) < 4.78 is 10.8. The van der Waals surface area contributed by atoms with Gasteiger partial charge in [-0.3, -0.25) is 0 Å². The van der Waals surface area contributed by atoms with E-state index in [2.05, 4.69) is 20.6 Å². The van der Waals surface area contributed by atoms with E-state index in [0.717, 1.165) is 17.0 Å². The van der Waals surface area contributed by atoms with Crippen LogP contribution < -0.4 is 20.1 Å². The highest BCUT2D eigenvalue weighted by atomic mass is 16.5. The lowest BCUT2D eigenvalue weighted by molar-refractivity contribution is 0.179. The second-order valence-corrected chi connectivity index (χ2v) is 6.50. The molecule has 28 heavy (non-hydrogen) atoms. The molecule has 0 saturated heterocycles. The molecule has 0 radical (unpaired) electrons. The average Bonchev–Trinajstić information content (AvgIpc) is 2.69. The Morgan fingerprint density at radius 1 is 1.18 bits per heavy atom. The maximum absolute atomic E-state index is 10.5. The molecular weight excluding hydrogens is 356 g/mol. The Hall–Kier alpha value is -2.80. The number of pyridine rings is 1. The fraction of sp³-hybridized carbons (Fsp3) is 0.429. The molecule has 0 aliphatic rings. The van der Waals surface area contributed by atoms with Gasteiger partial charge in [-0.15, -0.1) is 0 Å². The minimum absolute atomic E-state index is 0.0863. The number of nitrogens with zero attached hydrogens (tertiary/aromatic N) is 2. The third kappa shape index (κ3) is 7.08. The Kier molecular flexibility index (Phi) is 8.55. The zero-order valence-corrected chi connectivity index (χ0v) is 17.0. The summed E-state index contributed by atoms with van der Waals surface area (Å²) >= 11 is 0. The van der Waals surface area contributed by atoms with Crippen molar-refractivity contribution in [1.29, 1.82) is 0 Å². The molecular formula is C21H30N4O3. The summed E-state index contributed by atoms with van der Waals surface area (Å²) in [5.74, 6) is 1.92. The fourth-order valence-electron chi connectivity index (χ4n) is 2.54. The second-order valence-electron chi connectivity index (χ2n) is 6.50. The molecule has 7 heteroatoms. The van der Waals surface area contributed by atoms with Crippen molar-refractivity contribution in [3.8, 4) is 11.6 Å². The summed E-state index contributed by atoms with van der Waals surface area (Å²) in [4.78, 5) is 8.87. The van der Waals surface area contributed by atoms with Crippen molar-refractivity contribution in [3.05, 3.63) is 53.7 Å². The minimum Gasteiger partial charge on any atom is -0.491 e. The first-order valence-corrected chi connectivity index (χ1v) is 9.48. The van der Waals surface area contributed by atoms with Crippen LogP contribution in [0.15, 0.2) is 47.5 Å². The number of aliphatic hydroxyl groups excluding tert-OH is 1. The maximum atomic E-state index is 10.5. The van der Waals surface area contributed by atoms with Crippen LogP contribution in [0.3, 0.4) is 0 Å². The quantitative estimate of drug-likeness (QED) is 0.454. The van der Waals surface area contributed by atoms with Gasteiger partial charge in [0.25, 0.3) is 0 Å². The Balaban J connectivity index is 1.98.